The molecule has 2 bridgehead atoms. The molecule has 0 aliphatic carbocycles. The van der Waals surface area contributed by atoms with E-state index in [4.69, 9.17) is 4.74 Å². The maximum absolute atomic E-state index is 13.4. The molecule has 5 nitrogen and oxygen atoms in total. The van der Waals surface area contributed by atoms with Crippen LogP contribution in [0.5, 0.6) is 5.75 Å². The third-order valence-corrected chi connectivity index (χ3v) is 6.28. The number of nitrogens with zero attached hydrogens (tertiary/aromatic N) is 3. The van der Waals surface area contributed by atoms with Gasteiger partial charge in [-0.1, -0.05) is 18.2 Å². The van der Waals surface area contributed by atoms with Crippen LogP contribution >= 0.6 is 0 Å². The van der Waals surface area contributed by atoms with E-state index in [9.17, 15) is 4.79 Å². The molecule has 0 radical (unpaired) electrons. The molecular formula is C23H23N3O2. The highest BCUT2D eigenvalue weighted by molar-refractivity contribution is 6.05. The van der Waals surface area contributed by atoms with Crippen molar-refractivity contribution in [2.24, 2.45) is 0 Å². The minimum absolute atomic E-state index is 0.104. The first-order valence-corrected chi connectivity index (χ1v) is 9.91. The molecule has 142 valence electrons. The highest BCUT2D eigenvalue weighted by Gasteiger charge is 2.44. The average molecular weight is 373 g/mol. The number of carbonyl (C=O) groups is 1. The van der Waals surface area contributed by atoms with E-state index in [2.05, 4.69) is 27.0 Å². The predicted octanol–water partition coefficient (Wildman–Crippen LogP) is 4.19. The second-order valence-electron chi connectivity index (χ2n) is 7.77. The van der Waals surface area contributed by atoms with Gasteiger partial charge in [-0.2, -0.15) is 0 Å². The number of benzene rings is 2. The van der Waals surface area contributed by atoms with Gasteiger partial charge in [-0.05, 0) is 61.4 Å². The summed E-state index contributed by atoms with van der Waals surface area (Å²) in [7, 11) is 1.69. The molecule has 3 aromatic rings. The SMILES string of the molecule is COc1ccc(C2C[C@H]3CC[C@@H](C2)N3C(=O)c2cccc3nccnc23)cc1. The Balaban J connectivity index is 1.41. The van der Waals surface area contributed by atoms with Crippen LogP contribution in [-0.2, 0) is 0 Å². The molecule has 2 fully saturated rings. The minimum Gasteiger partial charge on any atom is -0.497 e. The van der Waals surface area contributed by atoms with Crippen molar-refractivity contribution in [3.05, 3.63) is 66.0 Å². The van der Waals surface area contributed by atoms with Gasteiger partial charge in [-0.3, -0.25) is 14.8 Å². The van der Waals surface area contributed by atoms with Gasteiger partial charge in [0.05, 0.1) is 18.2 Å². The molecule has 1 amide bonds. The minimum atomic E-state index is 0.104. The third-order valence-electron chi connectivity index (χ3n) is 6.28. The molecule has 5 rings (SSSR count). The van der Waals surface area contributed by atoms with Gasteiger partial charge in [0.15, 0.2) is 0 Å². The third kappa shape index (κ3) is 2.82. The van der Waals surface area contributed by atoms with Gasteiger partial charge in [-0.25, -0.2) is 0 Å². The molecule has 0 saturated carbocycles. The highest BCUT2D eigenvalue weighted by Crippen LogP contribution is 2.44. The largest absolute Gasteiger partial charge is 0.497 e. The topological polar surface area (TPSA) is 55.3 Å². The quantitative estimate of drug-likeness (QED) is 0.691. The number of aromatic nitrogens is 2. The highest BCUT2D eigenvalue weighted by atomic mass is 16.5. The smallest absolute Gasteiger partial charge is 0.256 e. The summed E-state index contributed by atoms with van der Waals surface area (Å²) in [6, 6.07) is 14.7. The van der Waals surface area contributed by atoms with Crippen molar-refractivity contribution in [3.8, 4) is 5.75 Å². The fourth-order valence-corrected chi connectivity index (χ4v) is 4.96. The zero-order valence-corrected chi connectivity index (χ0v) is 15.9. The predicted molar refractivity (Wildman–Crippen MR) is 107 cm³/mol. The molecule has 5 heteroatoms. The summed E-state index contributed by atoms with van der Waals surface area (Å²) in [6.45, 7) is 0. The number of rotatable bonds is 3. The molecule has 2 aliphatic rings. The van der Waals surface area contributed by atoms with Crippen molar-refractivity contribution in [1.29, 1.82) is 0 Å². The number of ether oxygens (including phenoxy) is 1. The van der Waals surface area contributed by atoms with Crippen molar-refractivity contribution < 1.29 is 9.53 Å². The summed E-state index contributed by atoms with van der Waals surface area (Å²) in [5.41, 5.74) is 3.49. The van der Waals surface area contributed by atoms with Gasteiger partial charge < -0.3 is 9.64 Å². The molecule has 1 unspecified atom stereocenters. The number of piperidine rings is 1. The monoisotopic (exact) mass is 373 g/mol. The lowest BCUT2D eigenvalue weighted by Gasteiger charge is -2.39. The van der Waals surface area contributed by atoms with Gasteiger partial charge in [0, 0.05) is 24.5 Å². The Kier molecular flexibility index (Phi) is 4.23. The van der Waals surface area contributed by atoms with Crippen LogP contribution in [0.4, 0.5) is 0 Å². The Hall–Kier alpha value is -2.95. The maximum Gasteiger partial charge on any atom is 0.256 e. The second-order valence-corrected chi connectivity index (χ2v) is 7.77. The summed E-state index contributed by atoms with van der Waals surface area (Å²) >= 11 is 0. The van der Waals surface area contributed by atoms with Crippen LogP contribution in [0.1, 0.15) is 47.5 Å². The Labute approximate surface area is 164 Å². The van der Waals surface area contributed by atoms with E-state index in [1.165, 1.54) is 5.56 Å². The van der Waals surface area contributed by atoms with Crippen LogP contribution in [0.15, 0.2) is 54.9 Å². The molecular weight excluding hydrogens is 350 g/mol. The number of hydrogen-bond acceptors (Lipinski definition) is 4. The van der Waals surface area contributed by atoms with E-state index in [-0.39, 0.29) is 5.91 Å². The normalized spacial score (nSPS) is 23.8. The summed E-state index contributed by atoms with van der Waals surface area (Å²) in [5, 5.41) is 0. The van der Waals surface area contributed by atoms with Gasteiger partial charge in [0.25, 0.3) is 5.91 Å². The first kappa shape index (κ1) is 17.2. The molecule has 2 aliphatic heterocycles. The Bertz CT molecular complexity index is 999. The molecule has 1 aromatic heterocycles. The van der Waals surface area contributed by atoms with Crippen LogP contribution in [0.2, 0.25) is 0 Å². The van der Waals surface area contributed by atoms with Gasteiger partial charge in [-0.15, -0.1) is 0 Å². The summed E-state index contributed by atoms with van der Waals surface area (Å²) in [5.74, 6) is 1.49. The molecule has 3 heterocycles. The fourth-order valence-electron chi connectivity index (χ4n) is 4.96. The van der Waals surface area contributed by atoms with Crippen LogP contribution in [0.3, 0.4) is 0 Å². The van der Waals surface area contributed by atoms with E-state index in [1.807, 2.05) is 30.3 Å². The van der Waals surface area contributed by atoms with Gasteiger partial charge in [0.1, 0.15) is 11.3 Å². The Morgan fingerprint density at radius 2 is 1.71 bits per heavy atom. The van der Waals surface area contributed by atoms with Gasteiger partial charge >= 0.3 is 0 Å². The summed E-state index contributed by atoms with van der Waals surface area (Å²) in [6.07, 6.45) is 7.53. The van der Waals surface area contributed by atoms with Crippen molar-refractivity contribution in [3.63, 3.8) is 0 Å². The maximum atomic E-state index is 13.4. The lowest BCUT2D eigenvalue weighted by molar-refractivity contribution is 0.0573. The van der Waals surface area contributed by atoms with E-state index in [1.54, 1.807) is 19.5 Å². The summed E-state index contributed by atoms with van der Waals surface area (Å²) < 4.78 is 5.28. The number of hydrogen-bond donors (Lipinski definition) is 0. The first-order chi connectivity index (χ1) is 13.7. The van der Waals surface area contributed by atoms with Gasteiger partial charge in [0.2, 0.25) is 0 Å². The zero-order valence-electron chi connectivity index (χ0n) is 15.9. The molecule has 0 spiro atoms. The molecule has 28 heavy (non-hydrogen) atoms. The number of carbonyl (C=O) groups excluding carboxylic acids is 1. The van der Waals surface area contributed by atoms with E-state index < -0.39 is 0 Å². The van der Waals surface area contributed by atoms with Crippen molar-refractivity contribution in [1.82, 2.24) is 14.9 Å². The van der Waals surface area contributed by atoms with Crippen molar-refractivity contribution >= 4 is 16.9 Å². The van der Waals surface area contributed by atoms with Crippen molar-refractivity contribution in [2.45, 2.75) is 43.7 Å². The number of para-hydroxylation sites is 1. The second kappa shape index (κ2) is 6.89. The standard InChI is InChI=1S/C23H23N3O2/c1-28-19-9-5-15(6-10-19)16-13-17-7-8-18(14-16)26(17)23(27)20-3-2-4-21-22(20)25-12-11-24-21/h2-6,9-12,16-18H,7-8,13-14H2,1H3/t16?,17-,18+. The first-order valence-electron chi connectivity index (χ1n) is 9.91. The van der Waals surface area contributed by atoms with Crippen molar-refractivity contribution in [2.75, 3.05) is 7.11 Å². The van der Waals surface area contributed by atoms with E-state index >= 15 is 0 Å². The van der Waals surface area contributed by atoms with Crippen LogP contribution in [-0.4, -0.2) is 40.0 Å². The van der Waals surface area contributed by atoms with E-state index in [0.29, 0.717) is 29.1 Å². The molecule has 0 N–H and O–H groups in total. The number of methoxy groups -OCH3 is 1. The fraction of sp³-hybridized carbons (Fsp3) is 0.348. The molecule has 2 aromatic carbocycles. The van der Waals surface area contributed by atoms with Crippen LogP contribution < -0.4 is 4.74 Å². The lowest BCUT2D eigenvalue weighted by atomic mass is 9.84. The average Bonchev–Trinajstić information content (AvgIpc) is 3.02. The number of amides is 1. The Morgan fingerprint density at radius 1 is 1.00 bits per heavy atom. The number of fused-ring (bicyclic) bond motifs is 3. The van der Waals surface area contributed by atoms with Crippen LogP contribution in [0, 0.1) is 0 Å². The molecule has 2 saturated heterocycles. The lowest BCUT2D eigenvalue weighted by Crippen LogP contribution is -2.46. The Morgan fingerprint density at radius 3 is 2.43 bits per heavy atom. The van der Waals surface area contributed by atoms with Crippen LogP contribution in [0.25, 0.3) is 11.0 Å². The summed E-state index contributed by atoms with van der Waals surface area (Å²) in [4.78, 5) is 24.3. The molecule has 3 atom stereocenters. The zero-order chi connectivity index (χ0) is 19.1. The van der Waals surface area contributed by atoms with E-state index in [0.717, 1.165) is 36.9 Å².